The molecular formula is C12H16BrNO3. The number of ether oxygens (including phenoxy) is 2. The lowest BCUT2D eigenvalue weighted by atomic mass is 10.2. The Morgan fingerprint density at radius 3 is 2.29 bits per heavy atom. The first kappa shape index (κ1) is 13.9. The molecule has 1 rings (SSSR count). The van der Waals surface area contributed by atoms with Gasteiger partial charge in [0.25, 0.3) is 0 Å². The van der Waals surface area contributed by atoms with E-state index in [2.05, 4.69) is 27.8 Å². The van der Waals surface area contributed by atoms with Gasteiger partial charge in [0, 0.05) is 17.6 Å². The first-order valence-electron chi connectivity index (χ1n) is 5.06. The van der Waals surface area contributed by atoms with Crippen LogP contribution in [-0.4, -0.2) is 25.9 Å². The average Bonchev–Trinajstić information content (AvgIpc) is 2.30. The van der Waals surface area contributed by atoms with Gasteiger partial charge < -0.3 is 19.9 Å². The predicted molar refractivity (Wildman–Crippen MR) is 71.0 cm³/mol. The monoisotopic (exact) mass is 301 g/mol. The molecule has 0 saturated carbocycles. The zero-order valence-electron chi connectivity index (χ0n) is 9.92. The highest BCUT2D eigenvalue weighted by atomic mass is 79.9. The van der Waals surface area contributed by atoms with Crippen LogP contribution in [-0.2, 0) is 6.54 Å². The maximum atomic E-state index is 9.73. The van der Waals surface area contributed by atoms with E-state index in [1.54, 1.807) is 12.1 Å². The molecule has 0 amide bonds. The van der Waals surface area contributed by atoms with E-state index in [0.29, 0.717) is 24.6 Å². The second-order valence-corrected chi connectivity index (χ2v) is 4.59. The van der Waals surface area contributed by atoms with E-state index >= 15 is 0 Å². The molecule has 0 atom stereocenters. The molecule has 0 heterocycles. The van der Waals surface area contributed by atoms with Crippen molar-refractivity contribution in [2.75, 3.05) is 20.8 Å². The number of halogens is 1. The molecule has 0 bridgehead atoms. The van der Waals surface area contributed by atoms with Crippen molar-refractivity contribution in [3.05, 3.63) is 28.8 Å². The molecule has 17 heavy (non-hydrogen) atoms. The number of hydrogen-bond acceptors (Lipinski definition) is 4. The summed E-state index contributed by atoms with van der Waals surface area (Å²) in [5, 5.41) is 12.9. The zero-order chi connectivity index (χ0) is 12.8. The molecule has 0 aliphatic heterocycles. The maximum Gasteiger partial charge on any atom is 0.200 e. The van der Waals surface area contributed by atoms with Crippen LogP contribution in [0.3, 0.4) is 0 Å². The van der Waals surface area contributed by atoms with Crippen LogP contribution in [0.4, 0.5) is 0 Å². The van der Waals surface area contributed by atoms with E-state index in [1.165, 1.54) is 14.2 Å². The van der Waals surface area contributed by atoms with Crippen LogP contribution in [0, 0.1) is 0 Å². The van der Waals surface area contributed by atoms with Crippen LogP contribution >= 0.6 is 15.9 Å². The number of aromatic hydroxyl groups is 1. The Morgan fingerprint density at radius 1 is 1.35 bits per heavy atom. The number of rotatable bonds is 6. The standard InChI is InChI=1S/C12H16BrNO3/c1-8(13)6-14-7-9-4-10(16-2)12(15)11(5-9)17-3/h4-5,14-15H,1,6-7H2,2-3H3. The summed E-state index contributed by atoms with van der Waals surface area (Å²) < 4.78 is 11.0. The molecule has 0 unspecified atom stereocenters. The minimum atomic E-state index is 0.0173. The van der Waals surface area contributed by atoms with Crippen LogP contribution in [0.2, 0.25) is 0 Å². The van der Waals surface area contributed by atoms with Crippen LogP contribution in [0.1, 0.15) is 5.56 Å². The van der Waals surface area contributed by atoms with E-state index in [4.69, 9.17) is 9.47 Å². The number of hydrogen-bond donors (Lipinski definition) is 2. The minimum Gasteiger partial charge on any atom is -0.502 e. The lowest BCUT2D eigenvalue weighted by Gasteiger charge is -2.11. The van der Waals surface area contributed by atoms with Crippen LogP contribution in [0.5, 0.6) is 17.2 Å². The van der Waals surface area contributed by atoms with Gasteiger partial charge in [-0.15, -0.1) is 0 Å². The summed E-state index contributed by atoms with van der Waals surface area (Å²) in [6, 6.07) is 3.53. The highest BCUT2D eigenvalue weighted by Gasteiger charge is 2.10. The second-order valence-electron chi connectivity index (χ2n) is 3.47. The van der Waals surface area contributed by atoms with Gasteiger partial charge in [-0.3, -0.25) is 0 Å². The number of nitrogens with one attached hydrogen (secondary N) is 1. The molecule has 0 aromatic heterocycles. The Morgan fingerprint density at radius 2 is 1.88 bits per heavy atom. The molecule has 0 radical (unpaired) electrons. The summed E-state index contributed by atoms with van der Waals surface area (Å²) in [5.74, 6) is 0.821. The summed E-state index contributed by atoms with van der Waals surface area (Å²) in [5.41, 5.74) is 0.963. The Bertz CT molecular complexity index is 382. The molecule has 94 valence electrons. The van der Waals surface area contributed by atoms with Gasteiger partial charge in [-0.2, -0.15) is 0 Å². The number of phenolic OH excluding ortho intramolecular Hbond substituents is 1. The van der Waals surface area contributed by atoms with E-state index in [-0.39, 0.29) is 5.75 Å². The third-order valence-electron chi connectivity index (χ3n) is 2.19. The molecule has 0 saturated heterocycles. The Labute approximate surface area is 109 Å². The number of methoxy groups -OCH3 is 2. The lowest BCUT2D eigenvalue weighted by Crippen LogP contribution is -2.14. The van der Waals surface area contributed by atoms with E-state index in [0.717, 1.165) is 10.0 Å². The molecule has 0 aliphatic rings. The topological polar surface area (TPSA) is 50.7 Å². The van der Waals surface area contributed by atoms with Crippen molar-refractivity contribution in [2.45, 2.75) is 6.54 Å². The average molecular weight is 302 g/mol. The van der Waals surface area contributed by atoms with E-state index in [9.17, 15) is 5.11 Å². The molecule has 0 spiro atoms. The van der Waals surface area contributed by atoms with Crippen molar-refractivity contribution in [1.29, 1.82) is 0 Å². The normalized spacial score (nSPS) is 10.1. The molecule has 1 aromatic rings. The number of benzene rings is 1. The smallest absolute Gasteiger partial charge is 0.200 e. The maximum absolute atomic E-state index is 9.73. The molecular weight excluding hydrogens is 286 g/mol. The molecule has 1 aromatic carbocycles. The zero-order valence-corrected chi connectivity index (χ0v) is 11.5. The van der Waals surface area contributed by atoms with Gasteiger partial charge in [0.2, 0.25) is 5.75 Å². The number of phenols is 1. The summed E-state index contributed by atoms with van der Waals surface area (Å²) in [4.78, 5) is 0. The van der Waals surface area contributed by atoms with Crippen molar-refractivity contribution >= 4 is 15.9 Å². The Kier molecular flexibility index (Phi) is 5.31. The fourth-order valence-corrected chi connectivity index (χ4v) is 1.59. The summed E-state index contributed by atoms with van der Waals surface area (Å²) in [6.45, 7) is 5.04. The van der Waals surface area contributed by atoms with Gasteiger partial charge in [0.15, 0.2) is 11.5 Å². The highest BCUT2D eigenvalue weighted by molar-refractivity contribution is 9.11. The minimum absolute atomic E-state index is 0.0173. The van der Waals surface area contributed by atoms with E-state index < -0.39 is 0 Å². The quantitative estimate of drug-likeness (QED) is 0.847. The third kappa shape index (κ3) is 3.94. The van der Waals surface area contributed by atoms with E-state index in [1.807, 2.05) is 0 Å². The van der Waals surface area contributed by atoms with Crippen LogP contribution < -0.4 is 14.8 Å². The second kappa shape index (κ2) is 6.51. The fraction of sp³-hybridized carbons (Fsp3) is 0.333. The Hall–Kier alpha value is -1.20. The summed E-state index contributed by atoms with van der Waals surface area (Å²) in [7, 11) is 3.01. The molecule has 0 aliphatic carbocycles. The molecule has 0 fully saturated rings. The lowest BCUT2D eigenvalue weighted by molar-refractivity contribution is 0.339. The van der Waals surface area contributed by atoms with Gasteiger partial charge in [0.1, 0.15) is 0 Å². The summed E-state index contributed by atoms with van der Waals surface area (Å²) >= 11 is 3.27. The first-order chi connectivity index (χ1) is 8.08. The fourth-order valence-electron chi connectivity index (χ4n) is 1.39. The SMILES string of the molecule is C=C(Br)CNCc1cc(OC)c(O)c(OC)c1. The molecule has 4 nitrogen and oxygen atoms in total. The van der Waals surface area contributed by atoms with Crippen molar-refractivity contribution in [3.63, 3.8) is 0 Å². The molecule has 5 heteroatoms. The predicted octanol–water partition coefficient (Wildman–Crippen LogP) is 2.41. The first-order valence-corrected chi connectivity index (χ1v) is 5.85. The van der Waals surface area contributed by atoms with Crippen molar-refractivity contribution < 1.29 is 14.6 Å². The van der Waals surface area contributed by atoms with Gasteiger partial charge in [-0.05, 0) is 17.7 Å². The van der Waals surface area contributed by atoms with Crippen molar-refractivity contribution in [1.82, 2.24) is 5.32 Å². The van der Waals surface area contributed by atoms with Gasteiger partial charge in [-0.25, -0.2) is 0 Å². The molecule has 2 N–H and O–H groups in total. The van der Waals surface area contributed by atoms with Gasteiger partial charge in [0.05, 0.1) is 14.2 Å². The van der Waals surface area contributed by atoms with Crippen molar-refractivity contribution in [2.24, 2.45) is 0 Å². The summed E-state index contributed by atoms with van der Waals surface area (Å²) in [6.07, 6.45) is 0. The Balaban J connectivity index is 2.82. The highest BCUT2D eigenvalue weighted by Crippen LogP contribution is 2.36. The van der Waals surface area contributed by atoms with Crippen LogP contribution in [0.15, 0.2) is 23.2 Å². The van der Waals surface area contributed by atoms with Gasteiger partial charge in [-0.1, -0.05) is 22.5 Å². The third-order valence-corrected chi connectivity index (χ3v) is 2.47. The van der Waals surface area contributed by atoms with Crippen LogP contribution in [0.25, 0.3) is 0 Å². The van der Waals surface area contributed by atoms with Gasteiger partial charge >= 0.3 is 0 Å². The van der Waals surface area contributed by atoms with Crippen molar-refractivity contribution in [3.8, 4) is 17.2 Å². The largest absolute Gasteiger partial charge is 0.502 e.